The minimum atomic E-state index is -1.05. The highest BCUT2D eigenvalue weighted by Gasteiger charge is 2.47. The van der Waals surface area contributed by atoms with Gasteiger partial charge in [-0.05, 0) is 31.9 Å². The summed E-state index contributed by atoms with van der Waals surface area (Å²) in [7, 11) is 1.62. The van der Waals surface area contributed by atoms with Gasteiger partial charge in [0.25, 0.3) is 5.56 Å². The second-order valence-electron chi connectivity index (χ2n) is 8.56. The van der Waals surface area contributed by atoms with Crippen molar-refractivity contribution in [2.45, 2.75) is 31.9 Å². The number of hydrogen-bond acceptors (Lipinski definition) is 6. The van der Waals surface area contributed by atoms with Gasteiger partial charge in [-0.1, -0.05) is 6.07 Å². The van der Waals surface area contributed by atoms with Gasteiger partial charge in [0.2, 0.25) is 5.95 Å². The largest absolute Gasteiger partial charge is 0.376 e. The Morgan fingerprint density at radius 2 is 2.03 bits per heavy atom. The van der Waals surface area contributed by atoms with Crippen molar-refractivity contribution in [3.63, 3.8) is 0 Å². The summed E-state index contributed by atoms with van der Waals surface area (Å²) in [5, 5.41) is 6.91. The maximum atomic E-state index is 14.3. The third kappa shape index (κ3) is 2.96. The molecule has 0 unspecified atom stereocenters. The van der Waals surface area contributed by atoms with E-state index in [1.807, 2.05) is 11.8 Å². The fourth-order valence-corrected chi connectivity index (χ4v) is 4.84. The summed E-state index contributed by atoms with van der Waals surface area (Å²) in [6.45, 7) is 4.03. The lowest BCUT2D eigenvalue weighted by Crippen LogP contribution is -2.51. The van der Waals surface area contributed by atoms with Gasteiger partial charge in [-0.15, -0.1) is 0 Å². The summed E-state index contributed by atoms with van der Waals surface area (Å²) >= 11 is 0. The monoisotopic (exact) mass is 430 g/mol. The predicted molar refractivity (Wildman–Crippen MR) is 112 cm³/mol. The number of piperidine rings is 1. The third-order valence-electron chi connectivity index (χ3n) is 6.87. The molecule has 0 bridgehead atoms. The summed E-state index contributed by atoms with van der Waals surface area (Å²) in [4.78, 5) is 19.8. The highest BCUT2D eigenvalue weighted by atomic mass is 19.2. The van der Waals surface area contributed by atoms with Crippen LogP contribution >= 0.6 is 0 Å². The normalized spacial score (nSPS) is 23.2. The maximum Gasteiger partial charge on any atom is 0.266 e. The molecule has 2 atom stereocenters. The van der Waals surface area contributed by atoms with Gasteiger partial charge < -0.3 is 15.4 Å². The van der Waals surface area contributed by atoms with Crippen LogP contribution in [-0.4, -0.2) is 51.6 Å². The van der Waals surface area contributed by atoms with E-state index >= 15 is 0 Å². The number of anilines is 1. The van der Waals surface area contributed by atoms with Crippen LogP contribution in [0.1, 0.15) is 19.8 Å². The lowest BCUT2D eigenvalue weighted by Gasteiger charge is -2.41. The lowest BCUT2D eigenvalue weighted by atomic mass is 9.73. The molecular formula is C21H24F2N6O2. The third-order valence-corrected chi connectivity index (χ3v) is 6.87. The number of H-pyrrole nitrogens is 1. The molecule has 0 amide bonds. The zero-order valence-corrected chi connectivity index (χ0v) is 17.4. The SMILES string of the molecule is C[C@@H]1OCC2(CCN(c3nc4[nH]nc(-c5cccc(F)c5F)c4c(=O)n3C)CC2)[C@@H]1N. The van der Waals surface area contributed by atoms with Crippen LogP contribution in [0.5, 0.6) is 0 Å². The number of halogens is 2. The van der Waals surface area contributed by atoms with Crippen molar-refractivity contribution >= 4 is 17.0 Å². The van der Waals surface area contributed by atoms with Gasteiger partial charge in [0.1, 0.15) is 11.1 Å². The summed E-state index contributed by atoms with van der Waals surface area (Å²) in [6, 6.07) is 3.78. The van der Waals surface area contributed by atoms with Crippen LogP contribution < -0.4 is 16.2 Å². The zero-order chi connectivity index (χ0) is 21.9. The molecule has 31 heavy (non-hydrogen) atoms. The van der Waals surface area contributed by atoms with E-state index < -0.39 is 11.6 Å². The van der Waals surface area contributed by atoms with E-state index in [0.717, 1.165) is 18.9 Å². The van der Waals surface area contributed by atoms with Crippen molar-refractivity contribution in [3.05, 3.63) is 40.2 Å². The number of fused-ring (bicyclic) bond motifs is 1. The average Bonchev–Trinajstić information content (AvgIpc) is 3.31. The fourth-order valence-electron chi connectivity index (χ4n) is 4.84. The number of nitrogens with one attached hydrogen (secondary N) is 1. The van der Waals surface area contributed by atoms with E-state index in [-0.39, 0.29) is 45.4 Å². The maximum absolute atomic E-state index is 14.3. The van der Waals surface area contributed by atoms with Gasteiger partial charge in [-0.2, -0.15) is 10.1 Å². The Morgan fingerprint density at radius 3 is 2.71 bits per heavy atom. The minimum Gasteiger partial charge on any atom is -0.376 e. The van der Waals surface area contributed by atoms with E-state index in [9.17, 15) is 13.6 Å². The quantitative estimate of drug-likeness (QED) is 0.644. The van der Waals surface area contributed by atoms with Crippen molar-refractivity contribution in [2.24, 2.45) is 18.2 Å². The molecule has 4 heterocycles. The predicted octanol–water partition coefficient (Wildman–Crippen LogP) is 1.93. The molecular weight excluding hydrogens is 406 g/mol. The molecule has 8 nitrogen and oxygen atoms in total. The smallest absolute Gasteiger partial charge is 0.266 e. The summed E-state index contributed by atoms with van der Waals surface area (Å²) in [5.74, 6) is -1.55. The van der Waals surface area contributed by atoms with Crippen LogP contribution in [-0.2, 0) is 11.8 Å². The first-order valence-electron chi connectivity index (χ1n) is 10.3. The molecule has 3 N–H and O–H groups in total. The van der Waals surface area contributed by atoms with E-state index in [4.69, 9.17) is 10.5 Å². The standard InChI is InChI=1S/C21H24F2N6O2/c1-11-17(24)21(10-31-11)6-8-29(9-7-21)20-25-18-14(19(30)28(20)2)16(26-27-18)12-4-3-5-13(22)15(12)23/h3-5,11,17H,6-10,24H2,1-2H3,(H,26,27)/t11-,17+/m0/s1. The Labute approximate surface area is 177 Å². The summed E-state index contributed by atoms with van der Waals surface area (Å²) in [6.07, 6.45) is 1.72. The molecule has 0 radical (unpaired) electrons. The van der Waals surface area contributed by atoms with E-state index in [1.165, 1.54) is 16.7 Å². The van der Waals surface area contributed by atoms with E-state index in [1.54, 1.807) is 7.05 Å². The van der Waals surface area contributed by atoms with Crippen molar-refractivity contribution in [1.29, 1.82) is 0 Å². The number of rotatable bonds is 2. The van der Waals surface area contributed by atoms with Crippen molar-refractivity contribution in [3.8, 4) is 11.3 Å². The molecule has 2 aliphatic rings. The number of aromatic amines is 1. The van der Waals surface area contributed by atoms with Crippen LogP contribution in [0.4, 0.5) is 14.7 Å². The molecule has 3 aromatic rings. The van der Waals surface area contributed by atoms with Gasteiger partial charge >= 0.3 is 0 Å². The van der Waals surface area contributed by atoms with E-state index in [2.05, 4.69) is 15.2 Å². The molecule has 2 aliphatic heterocycles. The topological polar surface area (TPSA) is 102 Å². The highest BCUT2D eigenvalue weighted by molar-refractivity contribution is 5.90. The number of ether oxygens (including phenoxy) is 1. The van der Waals surface area contributed by atoms with Crippen LogP contribution in [0, 0.1) is 17.0 Å². The highest BCUT2D eigenvalue weighted by Crippen LogP contribution is 2.41. The Bertz CT molecular complexity index is 1210. The first kappa shape index (κ1) is 20.1. The van der Waals surface area contributed by atoms with Crippen molar-refractivity contribution < 1.29 is 13.5 Å². The minimum absolute atomic E-state index is 0.00904. The average molecular weight is 430 g/mol. The van der Waals surface area contributed by atoms with Gasteiger partial charge in [-0.25, -0.2) is 8.78 Å². The van der Waals surface area contributed by atoms with Gasteiger partial charge in [-0.3, -0.25) is 14.5 Å². The first-order chi connectivity index (χ1) is 14.8. The number of benzene rings is 1. The van der Waals surface area contributed by atoms with Crippen LogP contribution in [0.15, 0.2) is 23.0 Å². The molecule has 2 aromatic heterocycles. The number of nitrogens with zero attached hydrogens (tertiary/aromatic N) is 4. The second kappa shape index (κ2) is 7.10. The Balaban J connectivity index is 1.51. The Kier molecular flexibility index (Phi) is 4.60. The number of hydrogen-bond donors (Lipinski definition) is 2. The molecule has 2 saturated heterocycles. The fraction of sp³-hybridized carbons (Fsp3) is 0.476. The molecule has 10 heteroatoms. The van der Waals surface area contributed by atoms with Crippen LogP contribution in [0.2, 0.25) is 0 Å². The van der Waals surface area contributed by atoms with Gasteiger partial charge in [0, 0.05) is 37.2 Å². The molecule has 0 aliphatic carbocycles. The lowest BCUT2D eigenvalue weighted by molar-refractivity contribution is 0.0973. The van der Waals surface area contributed by atoms with Crippen LogP contribution in [0.3, 0.4) is 0 Å². The summed E-state index contributed by atoms with van der Waals surface area (Å²) < 4.78 is 35.2. The van der Waals surface area contributed by atoms with Crippen molar-refractivity contribution in [1.82, 2.24) is 19.7 Å². The Hall–Kier alpha value is -2.85. The molecule has 1 aromatic carbocycles. The Morgan fingerprint density at radius 1 is 1.29 bits per heavy atom. The molecule has 1 spiro atoms. The summed E-state index contributed by atoms with van der Waals surface area (Å²) in [5.41, 5.74) is 6.19. The molecule has 0 saturated carbocycles. The second-order valence-corrected chi connectivity index (χ2v) is 8.56. The molecule has 2 fully saturated rings. The van der Waals surface area contributed by atoms with Crippen LogP contribution in [0.25, 0.3) is 22.3 Å². The van der Waals surface area contributed by atoms with E-state index in [0.29, 0.717) is 25.6 Å². The van der Waals surface area contributed by atoms with Gasteiger partial charge in [0.05, 0.1) is 12.7 Å². The van der Waals surface area contributed by atoms with Gasteiger partial charge in [0.15, 0.2) is 17.3 Å². The van der Waals surface area contributed by atoms with Crippen molar-refractivity contribution in [2.75, 3.05) is 24.6 Å². The molecule has 5 rings (SSSR count). The number of nitrogens with two attached hydrogens (primary N) is 1. The number of aromatic nitrogens is 4. The first-order valence-corrected chi connectivity index (χ1v) is 10.3. The molecule has 164 valence electrons. The zero-order valence-electron chi connectivity index (χ0n) is 17.4.